The maximum Gasteiger partial charge on any atom is 0.162 e. The topological polar surface area (TPSA) is 35.0 Å². The largest absolute Gasteiger partial charge is 0.476 e. The molecule has 0 amide bonds. The summed E-state index contributed by atoms with van der Waals surface area (Å²) in [5, 5.41) is 7.12. The smallest absolute Gasteiger partial charge is 0.162 e. The minimum absolute atomic E-state index is 0.145. The van der Waals surface area contributed by atoms with Gasteiger partial charge in [0, 0.05) is 6.07 Å². The van der Waals surface area contributed by atoms with Crippen LogP contribution in [0.3, 0.4) is 0 Å². The molecule has 3 nitrogen and oxygen atoms in total. The summed E-state index contributed by atoms with van der Waals surface area (Å²) in [5.41, 5.74) is 0. The molecule has 4 heteroatoms. The molecule has 0 bridgehead atoms. The number of hydrogen-bond donors (Lipinski definition) is 0. The van der Waals surface area contributed by atoms with Crippen LogP contribution in [0.15, 0.2) is 18.5 Å². The fraction of sp³-hybridized carbons (Fsp3) is 0.200. The molecular weight excluding hydrogens is 140 g/mol. The van der Waals surface area contributed by atoms with Gasteiger partial charge in [-0.1, -0.05) is 11.6 Å². The minimum atomic E-state index is 0.145. The zero-order valence-electron chi connectivity index (χ0n) is 4.62. The average Bonchev–Trinajstić information content (AvgIpc) is 1.91. The van der Waals surface area contributed by atoms with Gasteiger partial charge in [0.1, 0.15) is 5.75 Å². The van der Waals surface area contributed by atoms with E-state index < -0.39 is 0 Å². The highest BCUT2D eigenvalue weighted by molar-refractivity contribution is 6.17. The van der Waals surface area contributed by atoms with Crippen LogP contribution in [0.2, 0.25) is 0 Å². The molecule has 1 rings (SSSR count). The van der Waals surface area contributed by atoms with Gasteiger partial charge in [0.05, 0.1) is 12.4 Å². The molecular formula is C5H5ClN2O. The Labute approximate surface area is 57.6 Å². The predicted molar refractivity (Wildman–Crippen MR) is 33.4 cm³/mol. The third-order valence-electron chi connectivity index (χ3n) is 0.778. The van der Waals surface area contributed by atoms with E-state index in [2.05, 4.69) is 10.2 Å². The monoisotopic (exact) mass is 144 g/mol. The highest BCUT2D eigenvalue weighted by Gasteiger charge is 1.86. The molecule has 0 aliphatic heterocycles. The zero-order valence-corrected chi connectivity index (χ0v) is 5.38. The molecule has 0 aromatic carbocycles. The first kappa shape index (κ1) is 6.29. The van der Waals surface area contributed by atoms with Crippen molar-refractivity contribution in [3.63, 3.8) is 0 Å². The first-order valence-electron chi connectivity index (χ1n) is 2.39. The van der Waals surface area contributed by atoms with Gasteiger partial charge in [-0.25, -0.2) is 0 Å². The van der Waals surface area contributed by atoms with Crippen LogP contribution in [0.25, 0.3) is 0 Å². The normalized spacial score (nSPS) is 9.00. The van der Waals surface area contributed by atoms with Crippen molar-refractivity contribution in [2.75, 3.05) is 6.07 Å². The summed E-state index contributed by atoms with van der Waals surface area (Å²) in [7, 11) is 0. The van der Waals surface area contributed by atoms with Gasteiger partial charge in [0.15, 0.2) is 6.07 Å². The molecule has 48 valence electrons. The zero-order chi connectivity index (χ0) is 6.53. The summed E-state index contributed by atoms with van der Waals surface area (Å²) >= 11 is 5.27. The van der Waals surface area contributed by atoms with E-state index in [1.807, 2.05) is 0 Å². The molecule has 0 aliphatic rings. The number of rotatable bonds is 2. The standard InChI is InChI=1S/C5H5ClN2O/c6-4-9-5-1-2-7-8-3-5/h1-3H,4H2. The van der Waals surface area contributed by atoms with E-state index in [9.17, 15) is 0 Å². The molecule has 0 unspecified atom stereocenters. The molecule has 0 fully saturated rings. The summed E-state index contributed by atoms with van der Waals surface area (Å²) < 4.78 is 4.87. The summed E-state index contributed by atoms with van der Waals surface area (Å²) in [6, 6.07) is 1.83. The molecule has 0 spiro atoms. The lowest BCUT2D eigenvalue weighted by Gasteiger charge is -1.96. The molecule has 0 aliphatic carbocycles. The van der Waals surface area contributed by atoms with E-state index in [0.29, 0.717) is 5.75 Å². The van der Waals surface area contributed by atoms with Crippen molar-refractivity contribution in [1.29, 1.82) is 0 Å². The maximum atomic E-state index is 5.27. The second-order valence-corrected chi connectivity index (χ2v) is 1.55. The van der Waals surface area contributed by atoms with Crippen LogP contribution in [-0.4, -0.2) is 16.3 Å². The Hall–Kier alpha value is -0.830. The van der Waals surface area contributed by atoms with Crippen LogP contribution in [0, 0.1) is 0 Å². The second kappa shape index (κ2) is 3.25. The quantitative estimate of drug-likeness (QED) is 0.582. The Balaban J connectivity index is 2.61. The van der Waals surface area contributed by atoms with Gasteiger partial charge in [-0.05, 0) is 0 Å². The molecule has 0 saturated carbocycles. The Morgan fingerprint density at radius 3 is 3.00 bits per heavy atom. The van der Waals surface area contributed by atoms with Crippen LogP contribution in [0.5, 0.6) is 5.75 Å². The van der Waals surface area contributed by atoms with Crippen molar-refractivity contribution in [3.8, 4) is 5.75 Å². The Bertz CT molecular complexity index is 168. The third-order valence-corrected chi connectivity index (χ3v) is 0.887. The number of halogens is 1. The molecule has 0 N–H and O–H groups in total. The van der Waals surface area contributed by atoms with Gasteiger partial charge >= 0.3 is 0 Å². The third kappa shape index (κ3) is 1.85. The first-order chi connectivity index (χ1) is 4.43. The van der Waals surface area contributed by atoms with Gasteiger partial charge in [0.2, 0.25) is 0 Å². The van der Waals surface area contributed by atoms with Crippen molar-refractivity contribution in [1.82, 2.24) is 10.2 Å². The predicted octanol–water partition coefficient (Wildman–Crippen LogP) is 1.05. The molecule has 9 heavy (non-hydrogen) atoms. The van der Waals surface area contributed by atoms with Crippen molar-refractivity contribution >= 4 is 11.6 Å². The fourth-order valence-corrected chi connectivity index (χ4v) is 0.553. The van der Waals surface area contributed by atoms with E-state index in [1.54, 1.807) is 12.3 Å². The van der Waals surface area contributed by atoms with Crippen LogP contribution in [0.4, 0.5) is 0 Å². The molecule has 0 radical (unpaired) electrons. The van der Waals surface area contributed by atoms with Gasteiger partial charge in [0.25, 0.3) is 0 Å². The molecule has 1 heterocycles. The second-order valence-electron chi connectivity index (χ2n) is 1.33. The Morgan fingerprint density at radius 1 is 1.56 bits per heavy atom. The SMILES string of the molecule is ClCOc1ccnnc1. The molecule has 0 atom stereocenters. The minimum Gasteiger partial charge on any atom is -0.476 e. The van der Waals surface area contributed by atoms with E-state index in [4.69, 9.17) is 16.3 Å². The van der Waals surface area contributed by atoms with Crippen LogP contribution in [-0.2, 0) is 0 Å². The van der Waals surface area contributed by atoms with Gasteiger partial charge in [-0.3, -0.25) is 0 Å². The lowest BCUT2D eigenvalue weighted by molar-refractivity contribution is 0.385. The summed E-state index contributed by atoms with van der Waals surface area (Å²) in [5.74, 6) is 0.639. The number of nitrogens with zero attached hydrogens (tertiary/aromatic N) is 2. The summed E-state index contributed by atoms with van der Waals surface area (Å²) in [4.78, 5) is 0. The number of aromatic nitrogens is 2. The van der Waals surface area contributed by atoms with Crippen molar-refractivity contribution in [3.05, 3.63) is 18.5 Å². The molecule has 1 aromatic heterocycles. The van der Waals surface area contributed by atoms with Crippen LogP contribution >= 0.6 is 11.6 Å². The van der Waals surface area contributed by atoms with Crippen LogP contribution < -0.4 is 4.74 Å². The van der Waals surface area contributed by atoms with E-state index in [-0.39, 0.29) is 6.07 Å². The lowest BCUT2D eigenvalue weighted by Crippen LogP contribution is -1.89. The number of ether oxygens (including phenoxy) is 1. The van der Waals surface area contributed by atoms with E-state index in [0.717, 1.165) is 0 Å². The van der Waals surface area contributed by atoms with Crippen molar-refractivity contribution < 1.29 is 4.74 Å². The average molecular weight is 145 g/mol. The highest BCUT2D eigenvalue weighted by Crippen LogP contribution is 2.04. The van der Waals surface area contributed by atoms with Gasteiger partial charge < -0.3 is 4.74 Å². The van der Waals surface area contributed by atoms with Gasteiger partial charge in [-0.15, -0.1) is 0 Å². The number of alkyl halides is 1. The lowest BCUT2D eigenvalue weighted by atomic mass is 10.5. The molecule has 1 aromatic rings. The van der Waals surface area contributed by atoms with Crippen molar-refractivity contribution in [2.45, 2.75) is 0 Å². The van der Waals surface area contributed by atoms with Crippen molar-refractivity contribution in [2.24, 2.45) is 0 Å². The van der Waals surface area contributed by atoms with E-state index >= 15 is 0 Å². The van der Waals surface area contributed by atoms with Crippen LogP contribution in [0.1, 0.15) is 0 Å². The Morgan fingerprint density at radius 2 is 2.44 bits per heavy atom. The fourth-order valence-electron chi connectivity index (χ4n) is 0.427. The summed E-state index contributed by atoms with van der Waals surface area (Å²) in [6.07, 6.45) is 3.05. The van der Waals surface area contributed by atoms with Gasteiger partial charge in [-0.2, -0.15) is 10.2 Å². The summed E-state index contributed by atoms with van der Waals surface area (Å²) in [6.45, 7) is 0. The van der Waals surface area contributed by atoms with E-state index in [1.165, 1.54) is 6.20 Å². The Kier molecular flexibility index (Phi) is 2.27. The molecule has 0 saturated heterocycles. The highest BCUT2D eigenvalue weighted by atomic mass is 35.5. The first-order valence-corrected chi connectivity index (χ1v) is 2.92. The maximum absolute atomic E-state index is 5.27. The number of hydrogen-bond acceptors (Lipinski definition) is 3.